The minimum absolute atomic E-state index is 0.193. The van der Waals surface area contributed by atoms with Gasteiger partial charge in [-0.15, -0.1) is 0 Å². The lowest BCUT2D eigenvalue weighted by Gasteiger charge is -2.21. The third kappa shape index (κ3) is 3.85. The van der Waals surface area contributed by atoms with Crippen LogP contribution >= 0.6 is 11.6 Å². The second-order valence-corrected chi connectivity index (χ2v) is 7.69. The summed E-state index contributed by atoms with van der Waals surface area (Å²) >= 11 is 6.09. The summed E-state index contributed by atoms with van der Waals surface area (Å²) in [6.45, 7) is 0. The molecule has 0 spiro atoms. The fraction of sp³-hybridized carbons (Fsp3) is 0.0769. The van der Waals surface area contributed by atoms with E-state index in [-0.39, 0.29) is 11.6 Å². The van der Waals surface area contributed by atoms with E-state index in [1.54, 1.807) is 50.6 Å². The maximum absolute atomic E-state index is 12.8. The number of hydrogen-bond donors (Lipinski definition) is 0. The van der Waals surface area contributed by atoms with Crippen molar-refractivity contribution in [1.29, 1.82) is 0 Å². The Hall–Kier alpha value is -4.03. The van der Waals surface area contributed by atoms with Gasteiger partial charge in [-0.25, -0.2) is 9.79 Å². The van der Waals surface area contributed by atoms with Crippen molar-refractivity contribution >= 4 is 34.8 Å². The first-order chi connectivity index (χ1) is 16.1. The quantitative estimate of drug-likeness (QED) is 0.380. The number of halogens is 1. The minimum Gasteiger partial charge on any atom is -0.493 e. The van der Waals surface area contributed by atoms with Gasteiger partial charge in [0.05, 0.1) is 14.2 Å². The fourth-order valence-electron chi connectivity index (χ4n) is 3.68. The lowest BCUT2D eigenvalue weighted by atomic mass is 9.97. The molecule has 0 saturated heterocycles. The summed E-state index contributed by atoms with van der Waals surface area (Å²) in [6, 6.07) is 19.9. The summed E-state index contributed by atoms with van der Waals surface area (Å²) in [5.74, 6) is 1.97. The number of esters is 1. The Kier molecular flexibility index (Phi) is 5.36. The molecule has 0 saturated carbocycles. The van der Waals surface area contributed by atoms with Gasteiger partial charge in [-0.2, -0.15) is 0 Å². The van der Waals surface area contributed by atoms with Gasteiger partial charge in [-0.3, -0.25) is 0 Å². The second-order valence-electron chi connectivity index (χ2n) is 7.26. The SMILES string of the molecule is COc1ccc(C2=CC(=C3N=C(c4cccc(Cl)c4)OC3=O)c3ccccc3O2)cc1OC. The highest BCUT2D eigenvalue weighted by molar-refractivity contribution is 6.31. The average Bonchev–Trinajstić information content (AvgIpc) is 3.24. The van der Waals surface area contributed by atoms with Gasteiger partial charge in [-0.1, -0.05) is 35.9 Å². The number of benzene rings is 3. The largest absolute Gasteiger partial charge is 0.493 e. The Labute approximate surface area is 195 Å². The van der Waals surface area contributed by atoms with Crippen molar-refractivity contribution in [2.45, 2.75) is 0 Å². The summed E-state index contributed by atoms with van der Waals surface area (Å²) in [7, 11) is 3.15. The molecule has 0 atom stereocenters. The van der Waals surface area contributed by atoms with Gasteiger partial charge >= 0.3 is 5.97 Å². The summed E-state index contributed by atoms with van der Waals surface area (Å²) in [5.41, 5.74) is 2.91. The lowest BCUT2D eigenvalue weighted by Crippen LogP contribution is -2.08. The van der Waals surface area contributed by atoms with Crippen LogP contribution in [0.1, 0.15) is 16.7 Å². The van der Waals surface area contributed by atoms with Crippen LogP contribution in [0.5, 0.6) is 17.2 Å². The maximum Gasteiger partial charge on any atom is 0.364 e. The molecule has 2 aliphatic heterocycles. The molecule has 2 heterocycles. The number of aliphatic imine (C=N–C) groups is 1. The van der Waals surface area contributed by atoms with Crippen LogP contribution in [0.15, 0.2) is 83.5 Å². The van der Waals surface area contributed by atoms with E-state index in [1.807, 2.05) is 36.4 Å². The van der Waals surface area contributed by atoms with E-state index in [4.69, 9.17) is 30.5 Å². The Morgan fingerprint density at radius 1 is 0.848 bits per heavy atom. The number of carbonyl (C=O) groups excluding carboxylic acids is 1. The standard InChI is InChI=1S/C26H18ClNO5/c1-30-21-11-10-15(13-23(21)31-2)22-14-19(18-8-3-4-9-20(18)32-22)24-26(29)33-25(28-24)16-6-5-7-17(27)12-16/h3-14H,1-2H3. The third-order valence-electron chi connectivity index (χ3n) is 5.26. The van der Waals surface area contributed by atoms with Gasteiger partial charge in [-0.05, 0) is 48.5 Å². The molecule has 2 aliphatic rings. The first-order valence-electron chi connectivity index (χ1n) is 10.1. The molecule has 0 aliphatic carbocycles. The highest BCUT2D eigenvalue weighted by Crippen LogP contribution is 2.41. The lowest BCUT2D eigenvalue weighted by molar-refractivity contribution is -0.129. The zero-order valence-corrected chi connectivity index (χ0v) is 18.6. The number of carbonyl (C=O) groups is 1. The summed E-state index contributed by atoms with van der Waals surface area (Å²) in [5, 5.41) is 0.527. The zero-order valence-electron chi connectivity index (χ0n) is 17.8. The maximum atomic E-state index is 12.8. The highest BCUT2D eigenvalue weighted by Gasteiger charge is 2.31. The van der Waals surface area contributed by atoms with Crippen LogP contribution < -0.4 is 14.2 Å². The number of allylic oxidation sites excluding steroid dienone is 2. The van der Waals surface area contributed by atoms with Crippen LogP contribution in [0, 0.1) is 0 Å². The number of fused-ring (bicyclic) bond motifs is 1. The average molecular weight is 460 g/mol. The monoisotopic (exact) mass is 459 g/mol. The molecular weight excluding hydrogens is 442 g/mol. The Bertz CT molecular complexity index is 1370. The van der Waals surface area contributed by atoms with Gasteiger partial charge in [0.2, 0.25) is 5.90 Å². The second kappa shape index (κ2) is 8.48. The molecule has 0 bridgehead atoms. The molecule has 3 aromatic carbocycles. The van der Waals surface area contributed by atoms with Crippen LogP contribution in [0.25, 0.3) is 11.3 Å². The van der Waals surface area contributed by atoms with E-state index in [1.165, 1.54) is 0 Å². The van der Waals surface area contributed by atoms with Gasteiger partial charge in [0.1, 0.15) is 11.5 Å². The number of nitrogens with zero attached hydrogens (tertiary/aromatic N) is 1. The zero-order chi connectivity index (χ0) is 22.9. The van der Waals surface area contributed by atoms with E-state index < -0.39 is 5.97 Å². The van der Waals surface area contributed by atoms with Crippen LogP contribution in [-0.4, -0.2) is 26.1 Å². The molecule has 0 aromatic heterocycles. The van der Waals surface area contributed by atoms with E-state index >= 15 is 0 Å². The van der Waals surface area contributed by atoms with Gasteiger partial charge < -0.3 is 18.9 Å². The van der Waals surface area contributed by atoms with Crippen LogP contribution in [-0.2, 0) is 9.53 Å². The molecule has 0 amide bonds. The minimum atomic E-state index is -0.542. The normalized spacial score (nSPS) is 16.9. The first kappa shape index (κ1) is 20.8. The molecular formula is C26H18ClNO5. The number of cyclic esters (lactones) is 1. The molecule has 164 valence electrons. The fourth-order valence-corrected chi connectivity index (χ4v) is 3.87. The molecule has 33 heavy (non-hydrogen) atoms. The van der Waals surface area contributed by atoms with E-state index in [9.17, 15) is 4.79 Å². The molecule has 0 unspecified atom stereocenters. The van der Waals surface area contributed by atoms with Crippen molar-refractivity contribution in [3.8, 4) is 17.2 Å². The van der Waals surface area contributed by atoms with Gasteiger partial charge in [0, 0.05) is 27.3 Å². The van der Waals surface area contributed by atoms with E-state index in [0.717, 1.165) is 11.1 Å². The van der Waals surface area contributed by atoms with Crippen molar-refractivity contribution in [1.82, 2.24) is 0 Å². The predicted octanol–water partition coefficient (Wildman–Crippen LogP) is 5.51. The van der Waals surface area contributed by atoms with Crippen molar-refractivity contribution in [3.63, 3.8) is 0 Å². The summed E-state index contributed by atoms with van der Waals surface area (Å²) in [6.07, 6.45) is 1.78. The van der Waals surface area contributed by atoms with Crippen molar-refractivity contribution < 1.29 is 23.7 Å². The molecule has 0 fully saturated rings. The van der Waals surface area contributed by atoms with Gasteiger partial charge in [0.15, 0.2) is 17.2 Å². The Balaban J connectivity index is 1.66. The molecule has 6 nitrogen and oxygen atoms in total. The number of para-hydroxylation sites is 1. The Morgan fingerprint density at radius 3 is 2.45 bits per heavy atom. The van der Waals surface area contributed by atoms with Crippen molar-refractivity contribution in [2.24, 2.45) is 4.99 Å². The molecule has 7 heteroatoms. The first-order valence-corrected chi connectivity index (χ1v) is 10.5. The summed E-state index contributed by atoms with van der Waals surface area (Å²) < 4.78 is 22.4. The van der Waals surface area contributed by atoms with Crippen LogP contribution in [0.2, 0.25) is 5.02 Å². The number of hydrogen-bond acceptors (Lipinski definition) is 6. The molecule has 5 rings (SSSR count). The van der Waals surface area contributed by atoms with Crippen molar-refractivity contribution in [3.05, 3.63) is 100 Å². The van der Waals surface area contributed by atoms with E-state index in [0.29, 0.717) is 39.2 Å². The number of ether oxygens (including phenoxy) is 4. The predicted molar refractivity (Wildman–Crippen MR) is 126 cm³/mol. The third-order valence-corrected chi connectivity index (χ3v) is 5.50. The van der Waals surface area contributed by atoms with E-state index in [2.05, 4.69) is 4.99 Å². The topological polar surface area (TPSA) is 66.4 Å². The highest BCUT2D eigenvalue weighted by atomic mass is 35.5. The number of rotatable bonds is 4. The molecule has 0 N–H and O–H groups in total. The van der Waals surface area contributed by atoms with Gasteiger partial charge in [0.25, 0.3) is 0 Å². The molecule has 3 aromatic rings. The summed E-state index contributed by atoms with van der Waals surface area (Å²) in [4.78, 5) is 17.4. The molecule has 0 radical (unpaired) electrons. The smallest absolute Gasteiger partial charge is 0.364 e. The number of methoxy groups -OCH3 is 2. The van der Waals surface area contributed by atoms with Crippen molar-refractivity contribution in [2.75, 3.05) is 14.2 Å². The van der Waals surface area contributed by atoms with Crippen LogP contribution in [0.4, 0.5) is 0 Å². The Morgan fingerprint density at radius 2 is 1.67 bits per heavy atom. The van der Waals surface area contributed by atoms with Crippen LogP contribution in [0.3, 0.4) is 0 Å².